The van der Waals surface area contributed by atoms with Crippen LogP contribution in [0.1, 0.15) is 32.1 Å². The Kier molecular flexibility index (Phi) is 4.41. The second kappa shape index (κ2) is 6.94. The minimum absolute atomic E-state index is 0.298. The Hall–Kier alpha value is -2.30. The summed E-state index contributed by atoms with van der Waals surface area (Å²) in [6, 6.07) is 16.0. The third-order valence-corrected chi connectivity index (χ3v) is 6.71. The lowest BCUT2D eigenvalue weighted by molar-refractivity contribution is 0.206. The molecule has 0 radical (unpaired) electrons. The van der Waals surface area contributed by atoms with Crippen LogP contribution in [0.15, 0.2) is 60.9 Å². The van der Waals surface area contributed by atoms with E-state index in [-0.39, 0.29) is 5.82 Å². The molecule has 5 rings (SSSR count). The van der Waals surface area contributed by atoms with Gasteiger partial charge in [-0.15, -0.1) is 0 Å². The van der Waals surface area contributed by atoms with E-state index in [4.69, 9.17) is 11.6 Å². The number of hydrogen-bond donors (Lipinski definition) is 0. The summed E-state index contributed by atoms with van der Waals surface area (Å²) in [5.74, 6) is 0.591. The van der Waals surface area contributed by atoms with Crippen molar-refractivity contribution in [1.82, 2.24) is 14.5 Å². The molecule has 3 heterocycles. The van der Waals surface area contributed by atoms with E-state index in [0.717, 1.165) is 16.0 Å². The summed E-state index contributed by atoms with van der Waals surface area (Å²) in [7, 11) is 0. The monoisotopic (exact) mass is 394 g/mol. The second-order valence-corrected chi connectivity index (χ2v) is 8.25. The van der Waals surface area contributed by atoms with Gasteiger partial charge in [-0.2, -0.15) is 9.97 Å². The normalized spacial score (nSPS) is 26.4. The fraction of sp³-hybridized carbons (Fsp3) is 0.304. The van der Waals surface area contributed by atoms with Gasteiger partial charge in [-0.05, 0) is 48.4 Å². The number of quaternary nitrogens is 1. The molecular formula is C23H22ClFN3+. The van der Waals surface area contributed by atoms with Gasteiger partial charge < -0.3 is 0 Å². The van der Waals surface area contributed by atoms with Crippen molar-refractivity contribution in [2.24, 2.45) is 0 Å². The van der Waals surface area contributed by atoms with Gasteiger partial charge >= 0.3 is 5.95 Å². The summed E-state index contributed by atoms with van der Waals surface area (Å²) < 4.78 is 15.1. The Morgan fingerprint density at radius 2 is 1.57 bits per heavy atom. The number of aromatic nitrogens is 2. The first kappa shape index (κ1) is 17.8. The zero-order valence-electron chi connectivity index (χ0n) is 15.6. The Morgan fingerprint density at radius 3 is 2.21 bits per heavy atom. The van der Waals surface area contributed by atoms with Crippen molar-refractivity contribution < 1.29 is 4.39 Å². The van der Waals surface area contributed by atoms with Crippen molar-refractivity contribution >= 4 is 23.2 Å². The van der Waals surface area contributed by atoms with Crippen molar-refractivity contribution in [3.05, 3.63) is 71.8 Å². The van der Waals surface area contributed by atoms with Crippen molar-refractivity contribution in [2.45, 2.75) is 44.2 Å². The number of fused-ring (bicyclic) bond motifs is 2. The Morgan fingerprint density at radius 1 is 0.893 bits per heavy atom. The molecular weight excluding hydrogens is 373 g/mol. The molecule has 2 atom stereocenters. The van der Waals surface area contributed by atoms with Crippen LogP contribution in [0, 0.1) is 5.82 Å². The maximum atomic E-state index is 14.4. The SMILES string of the molecule is Fc1cc(Cl)ccc1-c1ccc([N+]2(c3ncccn3)C3CCCC2CC3)cc1. The van der Waals surface area contributed by atoms with Crippen LogP contribution < -0.4 is 4.48 Å². The summed E-state index contributed by atoms with van der Waals surface area (Å²) in [5.41, 5.74) is 2.63. The highest BCUT2D eigenvalue weighted by atomic mass is 35.5. The third kappa shape index (κ3) is 2.66. The van der Waals surface area contributed by atoms with Crippen molar-refractivity contribution in [3.8, 4) is 11.1 Å². The zero-order valence-corrected chi connectivity index (χ0v) is 16.3. The molecule has 0 N–H and O–H groups in total. The maximum absolute atomic E-state index is 14.4. The second-order valence-electron chi connectivity index (χ2n) is 7.81. The fourth-order valence-electron chi connectivity index (χ4n) is 5.33. The molecule has 0 aliphatic carbocycles. The highest BCUT2D eigenvalue weighted by molar-refractivity contribution is 6.30. The van der Waals surface area contributed by atoms with Crippen LogP contribution in [0.5, 0.6) is 0 Å². The molecule has 0 saturated carbocycles. The maximum Gasteiger partial charge on any atom is 0.334 e. The predicted octanol–water partition coefficient (Wildman–Crippen LogP) is 6.29. The fourth-order valence-corrected chi connectivity index (χ4v) is 5.49. The standard InChI is InChI=1S/C23H22ClFN3/c24-17-7-12-21(22(25)15-17)16-5-8-20(9-6-16)28(23-26-13-2-14-27-23)18-3-1-4-19(28)11-10-18/h2,5-9,12-15,18-19H,1,3-4,10-11H2/q+1. The van der Waals surface area contributed by atoms with E-state index in [0.29, 0.717) is 22.7 Å². The van der Waals surface area contributed by atoms with Gasteiger partial charge in [-0.3, -0.25) is 0 Å². The van der Waals surface area contributed by atoms with E-state index < -0.39 is 0 Å². The van der Waals surface area contributed by atoms with Crippen molar-refractivity contribution in [3.63, 3.8) is 0 Å². The Balaban J connectivity index is 1.61. The van der Waals surface area contributed by atoms with E-state index in [9.17, 15) is 4.39 Å². The van der Waals surface area contributed by atoms with Gasteiger partial charge in [0.25, 0.3) is 0 Å². The lowest BCUT2D eigenvalue weighted by Crippen LogP contribution is -2.57. The highest BCUT2D eigenvalue weighted by Crippen LogP contribution is 2.51. The summed E-state index contributed by atoms with van der Waals surface area (Å²) in [5, 5.41) is 0.411. The highest BCUT2D eigenvalue weighted by Gasteiger charge is 2.56. The predicted molar refractivity (Wildman–Crippen MR) is 111 cm³/mol. The molecule has 2 saturated heterocycles. The van der Waals surface area contributed by atoms with E-state index in [2.05, 4.69) is 22.1 Å². The lowest BCUT2D eigenvalue weighted by atomic mass is 9.96. The van der Waals surface area contributed by atoms with Gasteiger partial charge in [0, 0.05) is 60.8 Å². The molecule has 2 unspecified atom stereocenters. The minimum atomic E-state index is -0.298. The minimum Gasteiger partial charge on any atom is -0.220 e. The Labute approximate surface area is 169 Å². The van der Waals surface area contributed by atoms with E-state index in [1.54, 1.807) is 12.1 Å². The summed E-state index contributed by atoms with van der Waals surface area (Å²) in [6.45, 7) is 0. The van der Waals surface area contributed by atoms with Crippen LogP contribution in [0.2, 0.25) is 5.02 Å². The van der Waals surface area contributed by atoms with Crippen LogP contribution in [0.4, 0.5) is 16.0 Å². The van der Waals surface area contributed by atoms with E-state index in [1.807, 2.05) is 30.6 Å². The van der Waals surface area contributed by atoms with E-state index >= 15 is 0 Å². The zero-order chi connectivity index (χ0) is 19.1. The smallest absolute Gasteiger partial charge is 0.220 e. The van der Waals surface area contributed by atoms with Gasteiger partial charge in [0.1, 0.15) is 23.6 Å². The van der Waals surface area contributed by atoms with Gasteiger partial charge in [-0.25, -0.2) is 8.87 Å². The topological polar surface area (TPSA) is 25.8 Å². The van der Waals surface area contributed by atoms with Crippen molar-refractivity contribution in [1.29, 1.82) is 0 Å². The molecule has 2 fully saturated rings. The average molecular weight is 395 g/mol. The number of benzene rings is 2. The van der Waals surface area contributed by atoms with Gasteiger partial charge in [0.15, 0.2) is 0 Å². The molecule has 2 aromatic carbocycles. The van der Waals surface area contributed by atoms with E-state index in [1.165, 1.54) is 43.9 Å². The number of piperidine rings is 1. The first-order valence-electron chi connectivity index (χ1n) is 9.91. The molecule has 1 aromatic heterocycles. The summed E-state index contributed by atoms with van der Waals surface area (Å²) in [4.78, 5) is 9.37. The van der Waals surface area contributed by atoms with Gasteiger partial charge in [0.2, 0.25) is 0 Å². The van der Waals surface area contributed by atoms with Gasteiger partial charge in [0.05, 0.1) is 0 Å². The molecule has 2 bridgehead atoms. The number of halogens is 2. The van der Waals surface area contributed by atoms with Crippen LogP contribution in [-0.4, -0.2) is 22.1 Å². The molecule has 0 spiro atoms. The first-order valence-corrected chi connectivity index (χ1v) is 10.3. The average Bonchev–Trinajstić information content (AvgIpc) is 2.91. The summed E-state index contributed by atoms with van der Waals surface area (Å²) in [6.07, 6.45) is 9.76. The molecule has 3 aromatic rings. The lowest BCUT2D eigenvalue weighted by Gasteiger charge is -2.44. The molecule has 2 aliphatic heterocycles. The number of nitrogens with zero attached hydrogens (tertiary/aromatic N) is 3. The third-order valence-electron chi connectivity index (χ3n) is 6.48. The number of hydrogen-bond acceptors (Lipinski definition) is 2. The molecule has 2 aliphatic rings. The Bertz CT molecular complexity index is 974. The molecule has 142 valence electrons. The number of rotatable bonds is 3. The van der Waals surface area contributed by atoms with Crippen LogP contribution >= 0.6 is 11.6 Å². The molecule has 0 amide bonds. The first-order chi connectivity index (χ1) is 13.7. The van der Waals surface area contributed by atoms with Crippen LogP contribution in [0.3, 0.4) is 0 Å². The van der Waals surface area contributed by atoms with Crippen LogP contribution in [-0.2, 0) is 0 Å². The quantitative estimate of drug-likeness (QED) is 0.488. The van der Waals surface area contributed by atoms with Gasteiger partial charge in [-0.1, -0.05) is 11.6 Å². The van der Waals surface area contributed by atoms with Crippen molar-refractivity contribution in [2.75, 3.05) is 0 Å². The van der Waals surface area contributed by atoms with Crippen LogP contribution in [0.25, 0.3) is 11.1 Å². The molecule has 3 nitrogen and oxygen atoms in total. The molecule has 28 heavy (non-hydrogen) atoms. The largest absolute Gasteiger partial charge is 0.334 e. The summed E-state index contributed by atoms with van der Waals surface area (Å²) >= 11 is 5.90. The molecule has 5 heteroatoms.